The van der Waals surface area contributed by atoms with Gasteiger partial charge in [-0.2, -0.15) is 0 Å². The molecule has 2 aromatic carbocycles. The van der Waals surface area contributed by atoms with Crippen molar-refractivity contribution < 1.29 is 8.78 Å². The van der Waals surface area contributed by atoms with Crippen molar-refractivity contribution in [2.45, 2.75) is 19.5 Å². The lowest BCUT2D eigenvalue weighted by atomic mass is 10.1. The molecule has 0 heterocycles. The lowest BCUT2D eigenvalue weighted by Gasteiger charge is -2.14. The zero-order valence-corrected chi connectivity index (χ0v) is 12.0. The van der Waals surface area contributed by atoms with Gasteiger partial charge in [0.25, 0.3) is 0 Å². The van der Waals surface area contributed by atoms with Gasteiger partial charge >= 0.3 is 0 Å². The molecule has 1 nitrogen and oxygen atoms in total. The van der Waals surface area contributed by atoms with Gasteiger partial charge < -0.3 is 5.32 Å². The van der Waals surface area contributed by atoms with Crippen molar-refractivity contribution in [1.29, 1.82) is 0 Å². The maximum atomic E-state index is 13.4. The van der Waals surface area contributed by atoms with E-state index in [2.05, 4.69) is 21.2 Å². The molecule has 2 aromatic rings. The third-order valence-electron chi connectivity index (χ3n) is 2.97. The van der Waals surface area contributed by atoms with Crippen LogP contribution in [0.4, 0.5) is 8.78 Å². The fourth-order valence-corrected chi connectivity index (χ4v) is 2.04. The largest absolute Gasteiger partial charge is 0.306 e. The van der Waals surface area contributed by atoms with Crippen molar-refractivity contribution in [2.24, 2.45) is 0 Å². The molecular formula is C15H14BrF2N. The second-order valence-corrected chi connectivity index (χ2v) is 5.26. The molecule has 1 unspecified atom stereocenters. The molecule has 4 heteroatoms. The summed E-state index contributed by atoms with van der Waals surface area (Å²) in [5, 5.41) is 3.28. The van der Waals surface area contributed by atoms with E-state index in [1.807, 2.05) is 13.0 Å². The van der Waals surface area contributed by atoms with Crippen LogP contribution in [0.5, 0.6) is 0 Å². The molecule has 19 heavy (non-hydrogen) atoms. The quantitative estimate of drug-likeness (QED) is 0.867. The monoisotopic (exact) mass is 325 g/mol. The van der Waals surface area contributed by atoms with Gasteiger partial charge in [-0.15, -0.1) is 0 Å². The molecule has 0 amide bonds. The highest BCUT2D eigenvalue weighted by molar-refractivity contribution is 9.10. The molecule has 0 radical (unpaired) electrons. The molecule has 0 aromatic heterocycles. The highest BCUT2D eigenvalue weighted by atomic mass is 79.9. The van der Waals surface area contributed by atoms with Gasteiger partial charge in [0, 0.05) is 12.6 Å². The standard InChI is InChI=1S/C15H14BrF2N/c1-10(12-3-5-13(17)6-4-12)19-9-11-2-7-14(16)15(18)8-11/h2-8,10,19H,9H2,1H3. The number of nitrogens with one attached hydrogen (secondary N) is 1. The zero-order chi connectivity index (χ0) is 13.8. The third kappa shape index (κ3) is 3.85. The number of halogens is 3. The fourth-order valence-electron chi connectivity index (χ4n) is 1.79. The van der Waals surface area contributed by atoms with Crippen molar-refractivity contribution in [2.75, 3.05) is 0 Å². The van der Waals surface area contributed by atoms with E-state index in [4.69, 9.17) is 0 Å². The van der Waals surface area contributed by atoms with Gasteiger partial charge in [0.2, 0.25) is 0 Å². The summed E-state index contributed by atoms with van der Waals surface area (Å²) >= 11 is 3.12. The number of hydrogen-bond donors (Lipinski definition) is 1. The van der Waals surface area contributed by atoms with Crippen LogP contribution in [-0.2, 0) is 6.54 Å². The van der Waals surface area contributed by atoms with Crippen LogP contribution in [0.15, 0.2) is 46.9 Å². The van der Waals surface area contributed by atoms with E-state index >= 15 is 0 Å². The SMILES string of the molecule is CC(NCc1ccc(Br)c(F)c1)c1ccc(F)cc1. The molecule has 0 aliphatic heterocycles. The topological polar surface area (TPSA) is 12.0 Å². The van der Waals surface area contributed by atoms with Crippen LogP contribution >= 0.6 is 15.9 Å². The van der Waals surface area contributed by atoms with Gasteiger partial charge in [0.1, 0.15) is 11.6 Å². The Hall–Kier alpha value is -1.26. The minimum absolute atomic E-state index is 0.0762. The van der Waals surface area contributed by atoms with Crippen molar-refractivity contribution in [3.05, 3.63) is 69.7 Å². The lowest BCUT2D eigenvalue weighted by Crippen LogP contribution is -2.18. The summed E-state index contributed by atoms with van der Waals surface area (Å²) in [6.07, 6.45) is 0. The van der Waals surface area contributed by atoms with Crippen LogP contribution in [0, 0.1) is 11.6 Å². The summed E-state index contributed by atoms with van der Waals surface area (Å²) in [5.74, 6) is -0.514. The highest BCUT2D eigenvalue weighted by Crippen LogP contribution is 2.18. The Morgan fingerprint density at radius 3 is 2.42 bits per heavy atom. The van der Waals surface area contributed by atoms with Gasteiger partial charge in [0.05, 0.1) is 4.47 Å². The van der Waals surface area contributed by atoms with Gasteiger partial charge in [-0.3, -0.25) is 0 Å². The molecule has 1 atom stereocenters. The molecule has 0 aliphatic carbocycles. The molecule has 0 saturated carbocycles. The van der Waals surface area contributed by atoms with Crippen LogP contribution in [-0.4, -0.2) is 0 Å². The molecule has 0 saturated heterocycles. The van der Waals surface area contributed by atoms with Crippen molar-refractivity contribution >= 4 is 15.9 Å². The van der Waals surface area contributed by atoms with Gasteiger partial charge in [0.15, 0.2) is 0 Å². The maximum absolute atomic E-state index is 13.4. The van der Waals surface area contributed by atoms with E-state index in [1.54, 1.807) is 18.2 Å². The van der Waals surface area contributed by atoms with Crippen LogP contribution < -0.4 is 5.32 Å². The Morgan fingerprint density at radius 2 is 1.79 bits per heavy atom. The van der Waals surface area contributed by atoms with E-state index in [9.17, 15) is 8.78 Å². The van der Waals surface area contributed by atoms with Crippen molar-refractivity contribution in [3.63, 3.8) is 0 Å². The minimum atomic E-state index is -0.270. The first-order chi connectivity index (χ1) is 9.06. The second-order valence-electron chi connectivity index (χ2n) is 4.40. The van der Waals surface area contributed by atoms with Crippen LogP contribution in [0.3, 0.4) is 0 Å². The normalized spacial score (nSPS) is 12.4. The first kappa shape index (κ1) is 14.2. The molecule has 100 valence electrons. The van der Waals surface area contributed by atoms with Gasteiger partial charge in [-0.25, -0.2) is 8.78 Å². The molecule has 0 aliphatic rings. The lowest BCUT2D eigenvalue weighted by molar-refractivity contribution is 0.565. The van der Waals surface area contributed by atoms with Gasteiger partial charge in [-0.1, -0.05) is 18.2 Å². The average Bonchev–Trinajstić information content (AvgIpc) is 2.40. The minimum Gasteiger partial charge on any atom is -0.306 e. The number of rotatable bonds is 4. The van der Waals surface area contributed by atoms with Crippen molar-refractivity contribution in [1.82, 2.24) is 5.32 Å². The Kier molecular flexibility index (Phi) is 4.66. The molecule has 2 rings (SSSR count). The summed E-state index contributed by atoms with van der Waals surface area (Å²) in [7, 11) is 0. The summed E-state index contributed by atoms with van der Waals surface area (Å²) in [6, 6.07) is 11.5. The third-order valence-corrected chi connectivity index (χ3v) is 3.61. The first-order valence-electron chi connectivity index (χ1n) is 5.99. The van der Waals surface area contributed by atoms with Crippen LogP contribution in [0.2, 0.25) is 0 Å². The van der Waals surface area contributed by atoms with Gasteiger partial charge in [-0.05, 0) is 58.2 Å². The Balaban J connectivity index is 1.98. The number of benzene rings is 2. The Bertz CT molecular complexity index is 555. The van der Waals surface area contributed by atoms with E-state index < -0.39 is 0 Å². The summed E-state index contributed by atoms with van der Waals surface area (Å²) in [4.78, 5) is 0. The van der Waals surface area contributed by atoms with Crippen LogP contribution in [0.25, 0.3) is 0 Å². The molecule has 0 spiro atoms. The average molecular weight is 326 g/mol. The number of hydrogen-bond acceptors (Lipinski definition) is 1. The predicted molar refractivity (Wildman–Crippen MR) is 75.8 cm³/mol. The van der Waals surface area contributed by atoms with Crippen LogP contribution in [0.1, 0.15) is 24.1 Å². The van der Waals surface area contributed by atoms with Crippen molar-refractivity contribution in [3.8, 4) is 0 Å². The second kappa shape index (κ2) is 6.26. The predicted octanol–water partition coefficient (Wildman–Crippen LogP) is 4.58. The molecular weight excluding hydrogens is 312 g/mol. The fraction of sp³-hybridized carbons (Fsp3) is 0.200. The summed E-state index contributed by atoms with van der Waals surface area (Å²) in [5.41, 5.74) is 1.87. The van der Waals surface area contributed by atoms with E-state index in [1.165, 1.54) is 18.2 Å². The molecule has 0 bridgehead atoms. The molecule has 0 fully saturated rings. The highest BCUT2D eigenvalue weighted by Gasteiger charge is 2.06. The first-order valence-corrected chi connectivity index (χ1v) is 6.78. The Morgan fingerprint density at radius 1 is 1.11 bits per heavy atom. The van der Waals surface area contributed by atoms with E-state index in [0.29, 0.717) is 11.0 Å². The van der Waals surface area contributed by atoms with E-state index in [0.717, 1.165) is 11.1 Å². The molecule has 1 N–H and O–H groups in total. The maximum Gasteiger partial charge on any atom is 0.137 e. The summed E-state index contributed by atoms with van der Waals surface area (Å²) < 4.78 is 26.6. The van der Waals surface area contributed by atoms with E-state index in [-0.39, 0.29) is 17.7 Å². The zero-order valence-electron chi connectivity index (χ0n) is 10.5. The summed E-state index contributed by atoms with van der Waals surface area (Å²) in [6.45, 7) is 2.55. The Labute approximate surface area is 119 Å². The smallest absolute Gasteiger partial charge is 0.137 e.